The second-order valence-corrected chi connectivity index (χ2v) is 6.98. The molecule has 0 amide bonds. The van der Waals surface area contributed by atoms with Crippen LogP contribution in [-0.2, 0) is 0 Å². The van der Waals surface area contributed by atoms with Crippen LogP contribution in [0.25, 0.3) is 0 Å². The van der Waals surface area contributed by atoms with Crippen molar-refractivity contribution < 1.29 is 0 Å². The minimum absolute atomic E-state index is 0.600. The number of hydrogen-bond donors (Lipinski definition) is 1. The van der Waals surface area contributed by atoms with Crippen molar-refractivity contribution >= 4 is 0 Å². The van der Waals surface area contributed by atoms with Gasteiger partial charge in [-0.2, -0.15) is 0 Å². The Labute approximate surface area is 107 Å². The molecule has 1 unspecified atom stereocenters. The van der Waals surface area contributed by atoms with Gasteiger partial charge in [0.2, 0.25) is 0 Å². The van der Waals surface area contributed by atoms with E-state index in [0.29, 0.717) is 5.41 Å². The summed E-state index contributed by atoms with van der Waals surface area (Å²) in [5, 5.41) is 0. The van der Waals surface area contributed by atoms with Gasteiger partial charge in [-0.05, 0) is 69.4 Å². The van der Waals surface area contributed by atoms with Gasteiger partial charge in [0.05, 0.1) is 0 Å². The first kappa shape index (κ1) is 13.4. The van der Waals surface area contributed by atoms with Gasteiger partial charge in [-0.3, -0.25) is 0 Å². The summed E-state index contributed by atoms with van der Waals surface area (Å²) >= 11 is 0. The van der Waals surface area contributed by atoms with Gasteiger partial charge < -0.3 is 10.6 Å². The smallest absolute Gasteiger partial charge is 0.00957 e. The Morgan fingerprint density at radius 2 is 1.88 bits per heavy atom. The zero-order valence-electron chi connectivity index (χ0n) is 11.8. The summed E-state index contributed by atoms with van der Waals surface area (Å²) in [6.07, 6.45) is 9.70. The molecule has 1 aliphatic heterocycles. The van der Waals surface area contributed by atoms with Crippen LogP contribution in [0.2, 0.25) is 0 Å². The Morgan fingerprint density at radius 1 is 1.18 bits per heavy atom. The predicted molar refractivity (Wildman–Crippen MR) is 74.0 cm³/mol. The molecule has 0 aromatic carbocycles. The number of rotatable bonds is 3. The van der Waals surface area contributed by atoms with Crippen LogP contribution in [0.1, 0.15) is 58.8 Å². The van der Waals surface area contributed by atoms with E-state index in [1.54, 1.807) is 0 Å². The van der Waals surface area contributed by atoms with Gasteiger partial charge in [0.15, 0.2) is 0 Å². The molecule has 2 N–H and O–H groups in total. The Balaban J connectivity index is 1.82. The molecule has 0 bridgehead atoms. The highest BCUT2D eigenvalue weighted by atomic mass is 15.2. The van der Waals surface area contributed by atoms with E-state index in [0.717, 1.165) is 18.5 Å². The van der Waals surface area contributed by atoms with Crippen molar-refractivity contribution in [2.75, 3.05) is 19.6 Å². The molecule has 100 valence electrons. The van der Waals surface area contributed by atoms with Gasteiger partial charge in [-0.1, -0.05) is 13.8 Å². The van der Waals surface area contributed by atoms with Gasteiger partial charge in [0.1, 0.15) is 0 Å². The molecule has 0 spiro atoms. The van der Waals surface area contributed by atoms with Crippen LogP contribution in [0.5, 0.6) is 0 Å². The third-order valence-corrected chi connectivity index (χ3v) is 4.95. The average Bonchev–Trinajstić information content (AvgIpc) is 2.30. The zero-order chi connectivity index (χ0) is 12.3. The molecule has 1 saturated heterocycles. The highest BCUT2D eigenvalue weighted by Crippen LogP contribution is 2.38. The summed E-state index contributed by atoms with van der Waals surface area (Å²) in [6, 6.07) is 0.878. The molecule has 0 radical (unpaired) electrons. The van der Waals surface area contributed by atoms with E-state index in [-0.39, 0.29) is 0 Å². The second kappa shape index (κ2) is 5.71. The molecule has 1 heterocycles. The van der Waals surface area contributed by atoms with Crippen molar-refractivity contribution in [1.29, 1.82) is 0 Å². The standard InChI is InChI=1S/C15H30N2/c1-15(2)8-5-14(6-9-15)17-11-3-4-13(12-17)7-10-16/h13-14H,3-12,16H2,1-2H3. The fraction of sp³-hybridized carbons (Fsp3) is 1.00. The molecule has 0 aromatic rings. The van der Waals surface area contributed by atoms with Crippen molar-refractivity contribution in [2.45, 2.75) is 64.8 Å². The summed E-state index contributed by atoms with van der Waals surface area (Å²) in [5.41, 5.74) is 6.30. The van der Waals surface area contributed by atoms with Crippen molar-refractivity contribution in [2.24, 2.45) is 17.1 Å². The molecule has 1 saturated carbocycles. The molecule has 1 atom stereocenters. The minimum atomic E-state index is 0.600. The van der Waals surface area contributed by atoms with Crippen molar-refractivity contribution in [1.82, 2.24) is 4.90 Å². The second-order valence-electron chi connectivity index (χ2n) is 6.98. The van der Waals surface area contributed by atoms with E-state index in [9.17, 15) is 0 Å². The molecule has 2 aliphatic rings. The van der Waals surface area contributed by atoms with Gasteiger partial charge in [-0.25, -0.2) is 0 Å². The largest absolute Gasteiger partial charge is 0.330 e. The Hall–Kier alpha value is -0.0800. The maximum absolute atomic E-state index is 5.70. The lowest BCUT2D eigenvalue weighted by Crippen LogP contribution is -2.45. The van der Waals surface area contributed by atoms with E-state index in [1.165, 1.54) is 58.0 Å². The number of likely N-dealkylation sites (tertiary alicyclic amines) is 1. The van der Waals surface area contributed by atoms with Crippen LogP contribution in [0.4, 0.5) is 0 Å². The van der Waals surface area contributed by atoms with E-state index in [4.69, 9.17) is 5.73 Å². The number of hydrogen-bond acceptors (Lipinski definition) is 2. The van der Waals surface area contributed by atoms with E-state index >= 15 is 0 Å². The van der Waals surface area contributed by atoms with Crippen LogP contribution in [-0.4, -0.2) is 30.6 Å². The summed E-state index contributed by atoms with van der Waals surface area (Å²) in [4.78, 5) is 2.78. The Morgan fingerprint density at radius 3 is 2.53 bits per heavy atom. The van der Waals surface area contributed by atoms with E-state index in [2.05, 4.69) is 18.7 Å². The lowest BCUT2D eigenvalue weighted by molar-refractivity contribution is 0.0681. The first-order valence-electron chi connectivity index (χ1n) is 7.55. The van der Waals surface area contributed by atoms with Crippen LogP contribution in [0.3, 0.4) is 0 Å². The van der Waals surface area contributed by atoms with Gasteiger partial charge in [-0.15, -0.1) is 0 Å². The predicted octanol–water partition coefficient (Wildman–Crippen LogP) is 3.02. The SMILES string of the molecule is CC1(C)CCC(N2CCCC(CCN)C2)CC1. The highest BCUT2D eigenvalue weighted by molar-refractivity contribution is 4.86. The van der Waals surface area contributed by atoms with Crippen molar-refractivity contribution in [3.63, 3.8) is 0 Å². The highest BCUT2D eigenvalue weighted by Gasteiger charge is 2.32. The van der Waals surface area contributed by atoms with Crippen LogP contribution in [0.15, 0.2) is 0 Å². The van der Waals surface area contributed by atoms with E-state index in [1.807, 2.05) is 0 Å². The monoisotopic (exact) mass is 238 g/mol. The third kappa shape index (κ3) is 3.69. The third-order valence-electron chi connectivity index (χ3n) is 4.95. The summed E-state index contributed by atoms with van der Waals surface area (Å²) < 4.78 is 0. The van der Waals surface area contributed by atoms with E-state index < -0.39 is 0 Å². The summed E-state index contributed by atoms with van der Waals surface area (Å²) in [6.45, 7) is 8.39. The minimum Gasteiger partial charge on any atom is -0.330 e. The lowest BCUT2D eigenvalue weighted by atomic mass is 9.75. The molecule has 17 heavy (non-hydrogen) atoms. The quantitative estimate of drug-likeness (QED) is 0.819. The molecule has 1 aliphatic carbocycles. The number of nitrogens with two attached hydrogens (primary N) is 1. The fourth-order valence-electron chi connectivity index (χ4n) is 3.65. The Bertz CT molecular complexity index is 225. The lowest BCUT2D eigenvalue weighted by Gasteiger charge is -2.43. The molecule has 2 heteroatoms. The maximum atomic E-state index is 5.70. The molecule has 2 rings (SSSR count). The van der Waals surface area contributed by atoms with Crippen molar-refractivity contribution in [3.05, 3.63) is 0 Å². The normalized spacial score (nSPS) is 31.6. The molecule has 0 aromatic heterocycles. The van der Waals surface area contributed by atoms with Crippen LogP contribution < -0.4 is 5.73 Å². The molecular formula is C15H30N2. The van der Waals surface area contributed by atoms with Crippen LogP contribution in [0, 0.1) is 11.3 Å². The van der Waals surface area contributed by atoms with Gasteiger partial charge in [0.25, 0.3) is 0 Å². The zero-order valence-corrected chi connectivity index (χ0v) is 11.8. The molecule has 2 fully saturated rings. The van der Waals surface area contributed by atoms with Gasteiger partial charge in [0, 0.05) is 12.6 Å². The summed E-state index contributed by atoms with van der Waals surface area (Å²) in [5.74, 6) is 0.878. The number of nitrogens with zero attached hydrogens (tertiary/aromatic N) is 1. The fourth-order valence-corrected chi connectivity index (χ4v) is 3.65. The first-order chi connectivity index (χ1) is 8.11. The topological polar surface area (TPSA) is 29.3 Å². The average molecular weight is 238 g/mol. The maximum Gasteiger partial charge on any atom is 0.00957 e. The summed E-state index contributed by atoms with van der Waals surface area (Å²) in [7, 11) is 0. The molecular weight excluding hydrogens is 208 g/mol. The number of piperidine rings is 1. The first-order valence-corrected chi connectivity index (χ1v) is 7.55. The molecule has 2 nitrogen and oxygen atoms in total. The Kier molecular flexibility index (Phi) is 4.48. The van der Waals surface area contributed by atoms with Crippen LogP contribution >= 0.6 is 0 Å². The van der Waals surface area contributed by atoms with Crippen molar-refractivity contribution in [3.8, 4) is 0 Å². The van der Waals surface area contributed by atoms with Gasteiger partial charge >= 0.3 is 0 Å².